The third-order valence-corrected chi connectivity index (χ3v) is 3.96. The van der Waals surface area contributed by atoms with Crippen molar-refractivity contribution in [2.24, 2.45) is 5.73 Å². The van der Waals surface area contributed by atoms with Crippen molar-refractivity contribution in [3.8, 4) is 6.07 Å². The normalized spacial score (nSPS) is 11.0. The highest BCUT2D eigenvalue weighted by molar-refractivity contribution is 7.89. The van der Waals surface area contributed by atoms with Crippen molar-refractivity contribution < 1.29 is 0 Å². The first-order valence-corrected chi connectivity index (χ1v) is 6.81. The zero-order valence-corrected chi connectivity index (χ0v) is 12.0. The molecule has 0 aliphatic carbocycles. The molecule has 7 heteroatoms. The molecule has 1 aromatic heterocycles. The lowest BCUT2D eigenvalue weighted by molar-refractivity contribution is 1.32. The predicted octanol–water partition coefficient (Wildman–Crippen LogP) is 2.36. The van der Waals surface area contributed by atoms with Crippen LogP contribution in [0.4, 0.5) is 0 Å². The molecule has 0 saturated carbocycles. The van der Waals surface area contributed by atoms with Crippen LogP contribution in [0.15, 0.2) is 30.5 Å². The fourth-order valence-corrected chi connectivity index (χ4v) is 2.39. The van der Waals surface area contributed by atoms with E-state index in [4.69, 9.17) is 35.4 Å². The Bertz CT molecular complexity index is 691. The molecular weight excluding hydrogens is 296 g/mol. The van der Waals surface area contributed by atoms with E-state index in [2.05, 4.69) is 16.4 Å². The largest absolute Gasteiger partial charge is 0.388 e. The molecule has 0 saturated heterocycles. The van der Waals surface area contributed by atoms with Crippen LogP contribution in [-0.4, -0.2) is 15.0 Å². The van der Waals surface area contributed by atoms with Crippen LogP contribution < -0.4 is 11.1 Å². The summed E-state index contributed by atoms with van der Waals surface area (Å²) in [6.45, 7) is 0. The molecule has 0 spiro atoms. The Balaban J connectivity index is 2.32. The Morgan fingerprint density at radius 1 is 1.42 bits per heavy atom. The molecule has 4 nitrogen and oxygen atoms in total. The number of nitrogens with two attached hydrogens (primary N) is 1. The average Bonchev–Trinajstić information content (AvgIpc) is 2.82. The van der Waals surface area contributed by atoms with Crippen LogP contribution in [0.5, 0.6) is 0 Å². The second kappa shape index (κ2) is 5.84. The number of thiazole rings is 1. The van der Waals surface area contributed by atoms with E-state index in [0.717, 1.165) is 10.2 Å². The van der Waals surface area contributed by atoms with Crippen molar-refractivity contribution in [3.63, 3.8) is 0 Å². The average molecular weight is 304 g/mol. The van der Waals surface area contributed by atoms with Gasteiger partial charge in [0.2, 0.25) is 0 Å². The maximum absolute atomic E-state index is 9.16. The molecule has 0 unspecified atom stereocenters. The summed E-state index contributed by atoms with van der Waals surface area (Å²) in [5.41, 5.74) is 6.62. The first kappa shape index (κ1) is 13.5. The summed E-state index contributed by atoms with van der Waals surface area (Å²) in [5, 5.41) is 12.5. The first-order valence-electron chi connectivity index (χ1n) is 5.18. The zero-order chi connectivity index (χ0) is 13.8. The number of hydrogen-bond donors (Lipinski definition) is 2. The fourth-order valence-electron chi connectivity index (χ4n) is 1.34. The number of nitrogens with one attached hydrogen (secondary N) is 1. The van der Waals surface area contributed by atoms with E-state index in [1.807, 2.05) is 24.3 Å². The maximum atomic E-state index is 9.16. The van der Waals surface area contributed by atoms with Crippen molar-refractivity contribution in [1.82, 2.24) is 10.3 Å². The number of benzene rings is 1. The summed E-state index contributed by atoms with van der Waals surface area (Å²) in [5.74, 6) is 0. The smallest absolute Gasteiger partial charge is 0.137 e. The molecule has 0 aliphatic rings. The number of para-hydroxylation sites is 1. The molecular formula is C12H8N4S3. The second-order valence-electron chi connectivity index (χ2n) is 3.49. The van der Waals surface area contributed by atoms with Crippen LogP contribution in [0, 0.1) is 11.3 Å². The van der Waals surface area contributed by atoms with Crippen LogP contribution in [0.2, 0.25) is 0 Å². The number of thiocarbonyl (C=S) groups is 2. The number of rotatable bonds is 2. The highest BCUT2D eigenvalue weighted by Crippen LogP contribution is 2.26. The minimum Gasteiger partial charge on any atom is -0.388 e. The van der Waals surface area contributed by atoms with Gasteiger partial charge in [-0.3, -0.25) is 0 Å². The van der Waals surface area contributed by atoms with Crippen molar-refractivity contribution in [3.05, 3.63) is 35.5 Å². The molecule has 94 valence electrons. The van der Waals surface area contributed by atoms with E-state index in [1.54, 1.807) is 0 Å². The molecule has 19 heavy (non-hydrogen) atoms. The van der Waals surface area contributed by atoms with Gasteiger partial charge in [-0.05, 0) is 12.1 Å². The molecule has 0 aliphatic heterocycles. The summed E-state index contributed by atoms with van der Waals surface area (Å²) in [7, 11) is 0. The molecule has 0 atom stereocenters. The quantitative estimate of drug-likeness (QED) is 0.655. The molecule has 0 fully saturated rings. The monoisotopic (exact) mass is 304 g/mol. The van der Waals surface area contributed by atoms with Gasteiger partial charge in [0.1, 0.15) is 26.6 Å². The molecule has 1 heterocycles. The van der Waals surface area contributed by atoms with Crippen LogP contribution >= 0.6 is 35.8 Å². The van der Waals surface area contributed by atoms with Gasteiger partial charge >= 0.3 is 0 Å². The minimum absolute atomic E-state index is 0.0906. The Morgan fingerprint density at radius 2 is 2.16 bits per heavy atom. The van der Waals surface area contributed by atoms with Gasteiger partial charge in [-0.2, -0.15) is 5.26 Å². The minimum atomic E-state index is 0.0906. The van der Waals surface area contributed by atoms with E-state index >= 15 is 0 Å². The van der Waals surface area contributed by atoms with Gasteiger partial charge in [0.05, 0.1) is 10.2 Å². The maximum Gasteiger partial charge on any atom is 0.137 e. The third kappa shape index (κ3) is 3.12. The third-order valence-electron chi connectivity index (χ3n) is 2.22. The second-order valence-corrected chi connectivity index (χ2v) is 5.37. The van der Waals surface area contributed by atoms with Gasteiger partial charge in [0.15, 0.2) is 0 Å². The van der Waals surface area contributed by atoms with Crippen molar-refractivity contribution >= 4 is 61.5 Å². The number of fused-ring (bicyclic) bond motifs is 1. The van der Waals surface area contributed by atoms with Crippen LogP contribution in [-0.2, 0) is 0 Å². The molecule has 0 radical (unpaired) electrons. The summed E-state index contributed by atoms with van der Waals surface area (Å²) < 4.78 is 1.02. The number of allylic oxidation sites excluding steroid dienone is 1. The topological polar surface area (TPSA) is 74.7 Å². The lowest BCUT2D eigenvalue weighted by Crippen LogP contribution is -2.29. The standard InChI is InChI=1S/C12H8N4S3/c13-5-7(6-15-11(18)10(14)17)12-16-8-3-1-2-4-9(8)19-12/h1-4,6H,(H2,14,17)(H,15,18). The zero-order valence-electron chi connectivity index (χ0n) is 9.58. The molecule has 0 bridgehead atoms. The molecule has 1 aromatic carbocycles. The van der Waals surface area contributed by atoms with Crippen molar-refractivity contribution in [2.75, 3.05) is 0 Å². The summed E-state index contributed by atoms with van der Waals surface area (Å²) in [4.78, 5) is 4.70. The number of nitriles is 1. The van der Waals surface area contributed by atoms with Gasteiger partial charge < -0.3 is 11.1 Å². The summed E-state index contributed by atoms with van der Waals surface area (Å²) in [6.07, 6.45) is 1.47. The highest BCUT2D eigenvalue weighted by atomic mass is 32.1. The van der Waals surface area contributed by atoms with Crippen LogP contribution in [0.25, 0.3) is 15.8 Å². The van der Waals surface area contributed by atoms with Gasteiger partial charge in [0, 0.05) is 6.20 Å². The van der Waals surface area contributed by atoms with E-state index in [1.165, 1.54) is 17.5 Å². The molecule has 2 aromatic rings. The van der Waals surface area contributed by atoms with E-state index < -0.39 is 0 Å². The summed E-state index contributed by atoms with van der Waals surface area (Å²) in [6, 6.07) is 9.77. The van der Waals surface area contributed by atoms with Crippen LogP contribution in [0.3, 0.4) is 0 Å². The first-order chi connectivity index (χ1) is 9.11. The Labute approximate surface area is 124 Å². The van der Waals surface area contributed by atoms with Gasteiger partial charge in [-0.1, -0.05) is 36.6 Å². The lowest BCUT2D eigenvalue weighted by atomic mass is 10.3. The molecule has 2 rings (SSSR count). The number of hydrogen-bond acceptors (Lipinski definition) is 5. The number of aromatic nitrogens is 1. The Morgan fingerprint density at radius 3 is 2.79 bits per heavy atom. The lowest BCUT2D eigenvalue weighted by Gasteiger charge is -2.00. The van der Waals surface area contributed by atoms with Crippen LogP contribution in [0.1, 0.15) is 5.01 Å². The molecule has 0 amide bonds. The highest BCUT2D eigenvalue weighted by Gasteiger charge is 2.08. The summed E-state index contributed by atoms with van der Waals surface area (Å²) >= 11 is 11.1. The predicted molar refractivity (Wildman–Crippen MR) is 85.7 cm³/mol. The van der Waals surface area contributed by atoms with Gasteiger partial charge in [-0.25, -0.2) is 4.98 Å². The Hall–Kier alpha value is -1.88. The fraction of sp³-hybridized carbons (Fsp3) is 0. The van der Waals surface area contributed by atoms with Crippen molar-refractivity contribution in [1.29, 1.82) is 5.26 Å². The Kier molecular flexibility index (Phi) is 4.16. The van der Waals surface area contributed by atoms with E-state index in [9.17, 15) is 0 Å². The van der Waals surface area contributed by atoms with E-state index in [-0.39, 0.29) is 9.98 Å². The van der Waals surface area contributed by atoms with E-state index in [0.29, 0.717) is 10.6 Å². The van der Waals surface area contributed by atoms with Crippen molar-refractivity contribution in [2.45, 2.75) is 0 Å². The van der Waals surface area contributed by atoms with Gasteiger partial charge in [0.25, 0.3) is 0 Å². The number of nitrogens with zero attached hydrogens (tertiary/aromatic N) is 2. The van der Waals surface area contributed by atoms with Gasteiger partial charge in [-0.15, -0.1) is 11.3 Å². The SMILES string of the molecule is N#CC(=CNC(=S)C(N)=S)c1nc2ccccc2s1. The molecule has 3 N–H and O–H groups in total.